The molecule has 0 bridgehead atoms. The lowest BCUT2D eigenvalue weighted by molar-refractivity contribution is -0.132. The van der Waals surface area contributed by atoms with Gasteiger partial charge in [0.1, 0.15) is 0 Å². The van der Waals surface area contributed by atoms with Crippen molar-refractivity contribution < 1.29 is 48.2 Å². The second-order valence-electron chi connectivity index (χ2n) is 13.6. The SMILES string of the molecule is COc1c(OC(C)=O)cc2ccccc2c1-c1c(OC)c(O)c(-c2c(O)c(OC)c(-c3c(OC)c(OC(C)=O)cc4ccccc34)c3ccccc23)c2ccccc12. The number of esters is 2. The highest BCUT2D eigenvalue weighted by molar-refractivity contribution is 6.22. The lowest BCUT2D eigenvalue weighted by atomic mass is 9.84. The van der Waals surface area contributed by atoms with Crippen LogP contribution in [0, 0.1) is 0 Å². The van der Waals surface area contributed by atoms with E-state index in [1.54, 1.807) is 12.1 Å². The Hall–Kier alpha value is -7.46. The van der Waals surface area contributed by atoms with Crippen LogP contribution in [-0.2, 0) is 9.59 Å². The first kappa shape index (κ1) is 37.5. The Labute approximate surface area is 333 Å². The number of phenols is 2. The maximum absolute atomic E-state index is 12.6. The highest BCUT2D eigenvalue weighted by Crippen LogP contribution is 2.60. The number of benzene rings is 8. The van der Waals surface area contributed by atoms with Crippen LogP contribution in [0.2, 0.25) is 0 Å². The van der Waals surface area contributed by atoms with E-state index >= 15 is 0 Å². The Morgan fingerprint density at radius 2 is 0.672 bits per heavy atom. The molecule has 0 radical (unpaired) electrons. The number of phenolic OH excluding ortho intramolecular Hbond substituents is 2. The third kappa shape index (κ3) is 5.88. The van der Waals surface area contributed by atoms with Gasteiger partial charge in [-0.1, -0.05) is 97.1 Å². The summed E-state index contributed by atoms with van der Waals surface area (Å²) in [4.78, 5) is 24.6. The molecule has 0 aliphatic heterocycles. The van der Waals surface area contributed by atoms with Crippen LogP contribution in [0.15, 0.2) is 109 Å². The van der Waals surface area contributed by atoms with E-state index in [0.29, 0.717) is 43.8 Å². The topological polar surface area (TPSA) is 130 Å². The van der Waals surface area contributed by atoms with Gasteiger partial charge < -0.3 is 38.6 Å². The zero-order valence-corrected chi connectivity index (χ0v) is 32.6. The number of rotatable bonds is 9. The fourth-order valence-electron chi connectivity index (χ4n) is 8.17. The Balaban J connectivity index is 1.53. The van der Waals surface area contributed by atoms with Crippen LogP contribution in [-0.4, -0.2) is 50.6 Å². The summed E-state index contributed by atoms with van der Waals surface area (Å²) >= 11 is 0. The van der Waals surface area contributed by atoms with Gasteiger partial charge in [-0.2, -0.15) is 0 Å². The summed E-state index contributed by atoms with van der Waals surface area (Å²) in [6.07, 6.45) is 0. The summed E-state index contributed by atoms with van der Waals surface area (Å²) in [7, 11) is 5.89. The molecule has 10 heteroatoms. The summed E-state index contributed by atoms with van der Waals surface area (Å²) in [5, 5.41) is 30.7. The van der Waals surface area contributed by atoms with Gasteiger partial charge in [-0.15, -0.1) is 0 Å². The highest BCUT2D eigenvalue weighted by Gasteiger charge is 2.33. The molecule has 0 aliphatic carbocycles. The molecule has 0 spiro atoms. The predicted molar refractivity (Wildman–Crippen MR) is 225 cm³/mol. The van der Waals surface area contributed by atoms with Crippen LogP contribution in [0.3, 0.4) is 0 Å². The lowest BCUT2D eigenvalue weighted by Gasteiger charge is -2.25. The second-order valence-corrected chi connectivity index (χ2v) is 13.6. The molecule has 58 heavy (non-hydrogen) atoms. The fourth-order valence-corrected chi connectivity index (χ4v) is 8.17. The molecule has 0 amide bonds. The molecule has 0 atom stereocenters. The van der Waals surface area contributed by atoms with Gasteiger partial charge in [-0.25, -0.2) is 0 Å². The van der Waals surface area contributed by atoms with Gasteiger partial charge in [0.15, 0.2) is 46.0 Å². The standard InChI is InChI=1S/C48H38O10/c1-25(49)57-35-23-27-15-7-9-17-29(27)39(45(35)53-3)41-33-21-13-11-19-31(33)37(43(51)47(41)55-5)38-32-20-12-14-22-34(32)42(48(56-6)44(38)52)40-30-18-10-8-16-28(30)24-36(46(40)54-4)58-26(2)50/h7-24,51-52H,1-6H3. The molecule has 2 N–H and O–H groups in total. The van der Waals surface area contributed by atoms with Gasteiger partial charge in [0.05, 0.1) is 28.4 Å². The summed E-state index contributed by atoms with van der Waals surface area (Å²) in [6.45, 7) is 2.63. The second kappa shape index (κ2) is 14.9. The minimum absolute atomic E-state index is 0.0883. The normalized spacial score (nSPS) is 11.2. The Bertz CT molecular complexity index is 2780. The Morgan fingerprint density at radius 1 is 0.397 bits per heavy atom. The number of carbonyl (C=O) groups excluding carboxylic acids is 2. The first-order valence-electron chi connectivity index (χ1n) is 18.3. The smallest absolute Gasteiger partial charge is 0.308 e. The highest BCUT2D eigenvalue weighted by atomic mass is 16.6. The number of hydrogen-bond donors (Lipinski definition) is 2. The molecule has 290 valence electrons. The average Bonchev–Trinajstić information content (AvgIpc) is 3.22. The van der Waals surface area contributed by atoms with Gasteiger partial charge in [-0.3, -0.25) is 9.59 Å². The monoisotopic (exact) mass is 774 g/mol. The van der Waals surface area contributed by atoms with Crippen LogP contribution < -0.4 is 28.4 Å². The Morgan fingerprint density at radius 3 is 0.983 bits per heavy atom. The van der Waals surface area contributed by atoms with E-state index in [9.17, 15) is 19.8 Å². The van der Waals surface area contributed by atoms with Crippen LogP contribution >= 0.6 is 0 Å². The largest absolute Gasteiger partial charge is 0.504 e. The van der Waals surface area contributed by atoms with E-state index < -0.39 is 11.9 Å². The molecule has 0 aromatic heterocycles. The molecule has 0 saturated carbocycles. The van der Waals surface area contributed by atoms with Crippen molar-refractivity contribution in [3.8, 4) is 79.4 Å². The van der Waals surface area contributed by atoms with Crippen molar-refractivity contribution in [3.05, 3.63) is 109 Å². The molecule has 0 unspecified atom stereocenters. The van der Waals surface area contributed by atoms with E-state index in [1.165, 1.54) is 42.3 Å². The van der Waals surface area contributed by atoms with E-state index in [-0.39, 0.29) is 57.1 Å². The minimum atomic E-state index is -0.530. The van der Waals surface area contributed by atoms with E-state index in [2.05, 4.69) is 0 Å². The lowest BCUT2D eigenvalue weighted by Crippen LogP contribution is -2.05. The van der Waals surface area contributed by atoms with Crippen LogP contribution in [0.5, 0.6) is 46.0 Å². The zero-order valence-electron chi connectivity index (χ0n) is 32.6. The van der Waals surface area contributed by atoms with Crippen LogP contribution in [0.1, 0.15) is 13.8 Å². The maximum Gasteiger partial charge on any atom is 0.308 e. The van der Waals surface area contributed by atoms with Crippen molar-refractivity contribution in [2.24, 2.45) is 0 Å². The van der Waals surface area contributed by atoms with E-state index in [4.69, 9.17) is 28.4 Å². The number of carbonyl (C=O) groups is 2. The number of methoxy groups -OCH3 is 4. The zero-order chi connectivity index (χ0) is 40.8. The van der Waals surface area contributed by atoms with Crippen LogP contribution in [0.4, 0.5) is 0 Å². The van der Waals surface area contributed by atoms with Gasteiger partial charge >= 0.3 is 11.9 Å². The van der Waals surface area contributed by atoms with Gasteiger partial charge in [-0.05, 0) is 55.2 Å². The number of aromatic hydroxyl groups is 2. The minimum Gasteiger partial charge on any atom is -0.504 e. The number of ether oxygens (including phenoxy) is 6. The molecule has 8 rings (SSSR count). The van der Waals surface area contributed by atoms with Gasteiger partial charge in [0, 0.05) is 47.2 Å². The maximum atomic E-state index is 12.6. The first-order valence-corrected chi connectivity index (χ1v) is 18.3. The molecule has 8 aromatic carbocycles. The van der Waals surface area contributed by atoms with E-state index in [0.717, 1.165) is 21.5 Å². The average molecular weight is 775 g/mol. The Kier molecular flexibility index (Phi) is 9.62. The van der Waals surface area contributed by atoms with Crippen molar-refractivity contribution in [1.29, 1.82) is 0 Å². The number of hydrogen-bond acceptors (Lipinski definition) is 10. The van der Waals surface area contributed by atoms with Crippen molar-refractivity contribution in [2.75, 3.05) is 28.4 Å². The van der Waals surface area contributed by atoms with Crippen molar-refractivity contribution >= 4 is 55.0 Å². The van der Waals surface area contributed by atoms with E-state index in [1.807, 2.05) is 97.1 Å². The summed E-state index contributed by atoms with van der Waals surface area (Å²) in [6, 6.07) is 33.5. The first-order chi connectivity index (χ1) is 28.1. The van der Waals surface area contributed by atoms with Crippen molar-refractivity contribution in [3.63, 3.8) is 0 Å². The molecule has 10 nitrogen and oxygen atoms in total. The quantitative estimate of drug-likeness (QED) is 0.108. The fraction of sp³-hybridized carbons (Fsp3) is 0.125. The molecule has 0 aliphatic rings. The summed E-state index contributed by atoms with van der Waals surface area (Å²) in [5.41, 5.74) is 2.57. The molecule has 8 aromatic rings. The van der Waals surface area contributed by atoms with Gasteiger partial charge in [0.25, 0.3) is 0 Å². The molecule has 0 fully saturated rings. The molecular formula is C48H38O10. The molecule has 0 saturated heterocycles. The molecular weight excluding hydrogens is 737 g/mol. The third-order valence-corrected chi connectivity index (χ3v) is 10.3. The van der Waals surface area contributed by atoms with Gasteiger partial charge in [0.2, 0.25) is 0 Å². The predicted octanol–water partition coefficient (Wildman–Crippen LogP) is 10.6. The van der Waals surface area contributed by atoms with Crippen LogP contribution in [0.25, 0.3) is 76.5 Å². The van der Waals surface area contributed by atoms with Crippen molar-refractivity contribution in [1.82, 2.24) is 0 Å². The van der Waals surface area contributed by atoms with Crippen molar-refractivity contribution in [2.45, 2.75) is 13.8 Å². The molecule has 0 heterocycles. The third-order valence-electron chi connectivity index (χ3n) is 10.3. The summed E-state index contributed by atoms with van der Waals surface area (Å²) in [5.74, 6) is -0.495. The number of fused-ring (bicyclic) bond motifs is 4. The summed E-state index contributed by atoms with van der Waals surface area (Å²) < 4.78 is 35.5.